The smallest absolute Gasteiger partial charge is 0.243 e. The molecule has 0 saturated carbocycles. The van der Waals surface area contributed by atoms with Crippen molar-refractivity contribution in [1.82, 2.24) is 4.31 Å². The highest BCUT2D eigenvalue weighted by atomic mass is 35.5. The van der Waals surface area contributed by atoms with Gasteiger partial charge in [0.2, 0.25) is 15.9 Å². The number of hydrogen-bond acceptors (Lipinski definition) is 4. The highest BCUT2D eigenvalue weighted by molar-refractivity contribution is 7.99. The van der Waals surface area contributed by atoms with Crippen molar-refractivity contribution >= 4 is 56.6 Å². The number of rotatable bonds is 9. The average molecular weight is 509 g/mol. The standard InChI is InChI=1S/C23H22Cl2N2O3S2/c1-27(14-17-5-3-2-4-6-17)32(29,30)20-10-8-19(9-11-20)26-23(28)16-31-15-18-7-12-21(24)22(25)13-18/h2-13H,14-16H2,1H3,(H,26,28). The number of nitrogens with zero attached hydrogens (tertiary/aromatic N) is 1. The zero-order valence-electron chi connectivity index (χ0n) is 17.3. The van der Waals surface area contributed by atoms with Crippen LogP contribution in [0.4, 0.5) is 5.69 Å². The minimum absolute atomic E-state index is 0.169. The molecule has 0 atom stereocenters. The molecule has 0 unspecified atom stereocenters. The van der Waals surface area contributed by atoms with Crippen molar-refractivity contribution in [3.8, 4) is 0 Å². The number of halogens is 2. The molecule has 32 heavy (non-hydrogen) atoms. The van der Waals surface area contributed by atoms with E-state index in [0.29, 0.717) is 21.5 Å². The highest BCUT2D eigenvalue weighted by Crippen LogP contribution is 2.25. The Labute approximate surface area is 202 Å². The van der Waals surface area contributed by atoms with E-state index in [4.69, 9.17) is 23.2 Å². The molecule has 9 heteroatoms. The van der Waals surface area contributed by atoms with Crippen molar-refractivity contribution in [2.45, 2.75) is 17.2 Å². The Balaban J connectivity index is 1.53. The first-order chi connectivity index (χ1) is 15.3. The molecule has 0 bridgehead atoms. The van der Waals surface area contributed by atoms with Crippen LogP contribution in [0.5, 0.6) is 0 Å². The summed E-state index contributed by atoms with van der Waals surface area (Å²) in [4.78, 5) is 12.4. The van der Waals surface area contributed by atoms with Gasteiger partial charge in [0, 0.05) is 25.0 Å². The molecular formula is C23H22Cl2N2O3S2. The van der Waals surface area contributed by atoms with Crippen molar-refractivity contribution in [1.29, 1.82) is 0 Å². The maximum atomic E-state index is 12.8. The maximum Gasteiger partial charge on any atom is 0.243 e. The summed E-state index contributed by atoms with van der Waals surface area (Å²) >= 11 is 13.4. The number of hydrogen-bond donors (Lipinski definition) is 1. The highest BCUT2D eigenvalue weighted by Gasteiger charge is 2.20. The Morgan fingerprint density at radius 2 is 1.62 bits per heavy atom. The third-order valence-electron chi connectivity index (χ3n) is 4.58. The second-order valence-electron chi connectivity index (χ2n) is 7.06. The molecule has 3 rings (SSSR count). The van der Waals surface area contributed by atoms with Crippen LogP contribution < -0.4 is 5.32 Å². The average Bonchev–Trinajstić information content (AvgIpc) is 2.77. The third-order valence-corrected chi connectivity index (χ3v) is 8.14. The van der Waals surface area contributed by atoms with Crippen LogP contribution in [0.2, 0.25) is 10.0 Å². The molecule has 0 aromatic heterocycles. The number of benzene rings is 3. The predicted molar refractivity (Wildman–Crippen MR) is 133 cm³/mol. The first kappa shape index (κ1) is 24.6. The van der Waals surface area contributed by atoms with Crippen molar-refractivity contribution < 1.29 is 13.2 Å². The normalized spacial score (nSPS) is 11.5. The van der Waals surface area contributed by atoms with Gasteiger partial charge < -0.3 is 5.32 Å². The molecular weight excluding hydrogens is 487 g/mol. The molecule has 5 nitrogen and oxygen atoms in total. The number of sulfonamides is 1. The van der Waals surface area contributed by atoms with E-state index >= 15 is 0 Å². The van der Waals surface area contributed by atoms with Crippen molar-refractivity contribution in [3.63, 3.8) is 0 Å². The van der Waals surface area contributed by atoms with Gasteiger partial charge >= 0.3 is 0 Å². The molecule has 1 amide bonds. The number of nitrogens with one attached hydrogen (secondary N) is 1. The van der Waals surface area contributed by atoms with E-state index in [1.54, 1.807) is 31.3 Å². The van der Waals surface area contributed by atoms with Gasteiger partial charge in [-0.1, -0.05) is 59.6 Å². The fourth-order valence-electron chi connectivity index (χ4n) is 2.90. The van der Waals surface area contributed by atoms with Crippen molar-refractivity contribution in [3.05, 3.63) is 94.0 Å². The largest absolute Gasteiger partial charge is 0.325 e. The lowest BCUT2D eigenvalue weighted by Gasteiger charge is -2.17. The fraction of sp³-hybridized carbons (Fsp3) is 0.174. The lowest BCUT2D eigenvalue weighted by molar-refractivity contribution is -0.113. The Morgan fingerprint density at radius 3 is 2.28 bits per heavy atom. The van der Waals surface area contributed by atoms with E-state index in [1.807, 2.05) is 36.4 Å². The summed E-state index contributed by atoms with van der Waals surface area (Å²) < 4.78 is 26.9. The minimum atomic E-state index is -3.64. The zero-order valence-corrected chi connectivity index (χ0v) is 20.4. The van der Waals surface area contributed by atoms with Crippen LogP contribution in [-0.2, 0) is 27.1 Å². The van der Waals surface area contributed by atoms with Crippen LogP contribution in [0.3, 0.4) is 0 Å². The lowest BCUT2D eigenvalue weighted by Crippen LogP contribution is -2.26. The Kier molecular flexibility index (Phi) is 8.62. The van der Waals surface area contributed by atoms with E-state index in [2.05, 4.69) is 5.32 Å². The Hall–Kier alpha value is -2.03. The number of thioether (sulfide) groups is 1. The molecule has 0 aliphatic rings. The Morgan fingerprint density at radius 1 is 0.938 bits per heavy atom. The van der Waals surface area contributed by atoms with Crippen LogP contribution in [0.1, 0.15) is 11.1 Å². The molecule has 0 saturated heterocycles. The van der Waals surface area contributed by atoms with Gasteiger partial charge in [0.1, 0.15) is 0 Å². The first-order valence-corrected chi connectivity index (χ1v) is 13.0. The van der Waals surface area contributed by atoms with E-state index in [0.717, 1.165) is 11.1 Å². The summed E-state index contributed by atoms with van der Waals surface area (Å²) in [5.74, 6) is 0.696. The van der Waals surface area contributed by atoms with Gasteiger partial charge in [-0.25, -0.2) is 8.42 Å². The second kappa shape index (κ2) is 11.2. The van der Waals surface area contributed by atoms with Crippen molar-refractivity contribution in [2.75, 3.05) is 18.1 Å². The number of carbonyl (C=O) groups is 1. The minimum Gasteiger partial charge on any atom is -0.325 e. The quantitative estimate of drug-likeness (QED) is 0.403. The summed E-state index contributed by atoms with van der Waals surface area (Å²) in [6.45, 7) is 0.276. The van der Waals surface area contributed by atoms with Crippen LogP contribution in [0, 0.1) is 0 Å². The van der Waals surface area contributed by atoms with Crippen LogP contribution in [0.15, 0.2) is 77.7 Å². The van der Waals surface area contributed by atoms with Gasteiger partial charge in [-0.15, -0.1) is 11.8 Å². The summed E-state index contributed by atoms with van der Waals surface area (Å²) in [7, 11) is -2.09. The summed E-state index contributed by atoms with van der Waals surface area (Å²) in [6, 6.07) is 20.9. The maximum absolute atomic E-state index is 12.8. The van der Waals surface area contributed by atoms with E-state index in [-0.39, 0.29) is 23.1 Å². The van der Waals surface area contributed by atoms with E-state index in [9.17, 15) is 13.2 Å². The topological polar surface area (TPSA) is 66.5 Å². The van der Waals surface area contributed by atoms with Gasteiger partial charge in [0.05, 0.1) is 20.7 Å². The number of carbonyl (C=O) groups excluding carboxylic acids is 1. The predicted octanol–water partition coefficient (Wildman–Crippen LogP) is 5.69. The van der Waals surface area contributed by atoms with Crippen LogP contribution in [0.25, 0.3) is 0 Å². The molecule has 0 aliphatic heterocycles. The zero-order chi connectivity index (χ0) is 23.1. The van der Waals surface area contributed by atoms with Crippen molar-refractivity contribution in [2.24, 2.45) is 0 Å². The summed E-state index contributed by atoms with van der Waals surface area (Å²) in [5, 5.41) is 3.76. The molecule has 3 aromatic rings. The molecule has 3 aromatic carbocycles. The van der Waals surface area contributed by atoms with Gasteiger partial charge in [-0.3, -0.25) is 4.79 Å². The molecule has 168 valence electrons. The monoisotopic (exact) mass is 508 g/mol. The van der Waals surface area contributed by atoms with Crippen LogP contribution in [-0.4, -0.2) is 31.4 Å². The lowest BCUT2D eigenvalue weighted by atomic mass is 10.2. The molecule has 0 fully saturated rings. The third kappa shape index (κ3) is 6.73. The number of anilines is 1. The molecule has 0 heterocycles. The van der Waals surface area contributed by atoms with Gasteiger partial charge in [-0.05, 0) is 47.5 Å². The fourth-order valence-corrected chi connectivity index (χ4v) is 5.16. The number of amides is 1. The first-order valence-electron chi connectivity index (χ1n) is 9.67. The van der Waals surface area contributed by atoms with Gasteiger partial charge in [0.25, 0.3) is 0 Å². The molecule has 0 spiro atoms. The molecule has 0 radical (unpaired) electrons. The van der Waals surface area contributed by atoms with E-state index < -0.39 is 10.0 Å². The van der Waals surface area contributed by atoms with E-state index in [1.165, 1.54) is 28.2 Å². The van der Waals surface area contributed by atoms with Crippen LogP contribution >= 0.6 is 35.0 Å². The summed E-state index contributed by atoms with van der Waals surface area (Å²) in [5.41, 5.74) is 2.42. The SMILES string of the molecule is CN(Cc1ccccc1)S(=O)(=O)c1ccc(NC(=O)CSCc2ccc(Cl)c(Cl)c2)cc1. The second-order valence-corrected chi connectivity index (χ2v) is 10.9. The molecule has 1 N–H and O–H groups in total. The van der Waals surface area contributed by atoms with Gasteiger partial charge in [0.15, 0.2) is 0 Å². The van der Waals surface area contributed by atoms with Gasteiger partial charge in [-0.2, -0.15) is 4.31 Å². The summed E-state index contributed by atoms with van der Waals surface area (Å²) in [6.07, 6.45) is 0. The molecule has 0 aliphatic carbocycles. The Bertz CT molecular complexity index is 1170.